The number of halogens is 2. The molecule has 0 radical (unpaired) electrons. The molecule has 0 aliphatic heterocycles. The second-order valence-electron chi connectivity index (χ2n) is 0. The fourth-order valence-electron chi connectivity index (χ4n) is 0. The van der Waals surface area contributed by atoms with Crippen LogP contribution >= 0.6 is 0 Å². The minimum absolute atomic E-state index is 0. The van der Waals surface area contributed by atoms with Crippen LogP contribution in [-0.2, 0) is 19.5 Å². The molecular formula is F2O2Zn. The Morgan fingerprint density at radius 2 is 0.800 bits per heavy atom. The van der Waals surface area contributed by atoms with E-state index in [9.17, 15) is 0 Å². The van der Waals surface area contributed by atoms with E-state index in [0.717, 1.165) is 0 Å². The van der Waals surface area contributed by atoms with Gasteiger partial charge in [-0.05, 0) is 0 Å². The van der Waals surface area contributed by atoms with Gasteiger partial charge < -0.3 is 19.7 Å². The third-order valence-electron chi connectivity index (χ3n) is 0. The Bertz CT molecular complexity index is 7.61. The number of hydrogen-bond donors (Lipinski definition) is 0. The fourth-order valence-corrected chi connectivity index (χ4v) is 0. The summed E-state index contributed by atoms with van der Waals surface area (Å²) in [5, 5.41) is 13.5. The molecule has 0 aromatic heterocycles. The van der Waals surface area contributed by atoms with E-state index in [2.05, 4.69) is 0 Å². The third-order valence-corrected chi connectivity index (χ3v) is 0. The molecule has 2 nitrogen and oxygen atoms in total. The summed E-state index contributed by atoms with van der Waals surface area (Å²) in [4.78, 5) is 0. The van der Waals surface area contributed by atoms with Crippen molar-refractivity contribution in [3.63, 3.8) is 0 Å². The predicted molar refractivity (Wildman–Crippen MR) is 2.22 cm³/mol. The molecule has 0 heterocycles. The molecule has 5 heteroatoms. The van der Waals surface area contributed by atoms with Crippen LogP contribution in [0.15, 0.2) is 0 Å². The monoisotopic (exact) mass is 134 g/mol. The fraction of sp³-hybridized carbons (Fsp3) is 0. The molecule has 0 fully saturated rings. The summed E-state index contributed by atoms with van der Waals surface area (Å²) in [7, 11) is 0. The molecule has 0 aromatic carbocycles. The Morgan fingerprint density at radius 1 is 0.800 bits per heavy atom. The van der Waals surface area contributed by atoms with Crippen molar-refractivity contribution in [3.8, 4) is 0 Å². The summed E-state index contributed by atoms with van der Waals surface area (Å²) < 4.78 is 16.5. The number of hydrogen-bond acceptors (Lipinski definition) is 2. The molecule has 0 unspecified atom stereocenters. The third kappa shape index (κ3) is 156. The number of rotatable bonds is 0. The Balaban J connectivity index is -0.0000000133. The largest absolute Gasteiger partial charge is 2.00 e. The van der Waals surface area contributed by atoms with Gasteiger partial charge in [-0.15, -0.1) is 0 Å². The SMILES string of the molecule is [O-]F.[O-]F.[Zn+2]. The van der Waals surface area contributed by atoms with Crippen LogP contribution in [0.3, 0.4) is 0 Å². The Labute approximate surface area is 40.0 Å². The summed E-state index contributed by atoms with van der Waals surface area (Å²) >= 11 is 0. The van der Waals surface area contributed by atoms with E-state index in [1.165, 1.54) is 0 Å². The molecular weight excluding hydrogens is 135 g/mol. The zero-order valence-corrected chi connectivity index (χ0v) is 5.25. The van der Waals surface area contributed by atoms with Gasteiger partial charge in [-0.3, -0.25) is 0 Å². The maximum atomic E-state index is 8.25. The van der Waals surface area contributed by atoms with Gasteiger partial charge in [0, 0.05) is 0 Å². The topological polar surface area (TPSA) is 46.1 Å². The van der Waals surface area contributed by atoms with Crippen LogP contribution in [0.2, 0.25) is 0 Å². The van der Waals surface area contributed by atoms with Crippen molar-refractivity contribution in [2.75, 3.05) is 0 Å². The van der Waals surface area contributed by atoms with Crippen molar-refractivity contribution in [1.82, 2.24) is 0 Å². The van der Waals surface area contributed by atoms with Crippen LogP contribution in [0.4, 0.5) is 9.05 Å². The first kappa shape index (κ1) is 18.1. The van der Waals surface area contributed by atoms with Crippen molar-refractivity contribution in [1.29, 1.82) is 0 Å². The quantitative estimate of drug-likeness (QED) is 0.378. The Morgan fingerprint density at radius 3 is 0.800 bits per heavy atom. The van der Waals surface area contributed by atoms with Crippen molar-refractivity contribution >= 4 is 0 Å². The second kappa shape index (κ2) is 313. The van der Waals surface area contributed by atoms with Gasteiger partial charge in [0.2, 0.25) is 0 Å². The smallest absolute Gasteiger partial charge is 0.682 e. The molecule has 0 N–H and O–H groups in total. The summed E-state index contributed by atoms with van der Waals surface area (Å²) in [6.07, 6.45) is 0. The van der Waals surface area contributed by atoms with Gasteiger partial charge in [-0.25, -0.2) is 0 Å². The summed E-state index contributed by atoms with van der Waals surface area (Å²) in [5.74, 6) is 0. The molecule has 0 aliphatic carbocycles. The van der Waals surface area contributed by atoms with Gasteiger partial charge in [-0.2, -0.15) is 0 Å². The average molecular weight is 135 g/mol. The molecule has 0 saturated heterocycles. The summed E-state index contributed by atoms with van der Waals surface area (Å²) in [6.45, 7) is 0. The van der Waals surface area contributed by atoms with E-state index >= 15 is 0 Å². The first-order valence-corrected chi connectivity index (χ1v) is 0.309. The first-order chi connectivity index (χ1) is 2.00. The maximum Gasteiger partial charge on any atom is 2.00 e. The second-order valence-corrected chi connectivity index (χ2v) is 0. The van der Waals surface area contributed by atoms with Crippen LogP contribution < -0.4 is 10.6 Å². The van der Waals surface area contributed by atoms with Gasteiger partial charge >= 0.3 is 19.5 Å². The van der Waals surface area contributed by atoms with Crippen LogP contribution in [-0.4, -0.2) is 0 Å². The summed E-state index contributed by atoms with van der Waals surface area (Å²) in [5.41, 5.74) is 0. The van der Waals surface area contributed by atoms with Gasteiger partial charge in [0.1, 0.15) is 0 Å². The van der Waals surface area contributed by atoms with Crippen molar-refractivity contribution in [2.45, 2.75) is 0 Å². The van der Waals surface area contributed by atoms with Crippen LogP contribution in [0.5, 0.6) is 0 Å². The van der Waals surface area contributed by atoms with Gasteiger partial charge in [0.05, 0.1) is 0 Å². The predicted octanol–water partition coefficient (Wildman–Crippen LogP) is -1.54. The maximum absolute atomic E-state index is 8.25. The Kier molecular flexibility index (Phi) is 1140. The minimum Gasteiger partial charge on any atom is -0.682 e. The summed E-state index contributed by atoms with van der Waals surface area (Å²) in [6, 6.07) is 0. The van der Waals surface area contributed by atoms with E-state index in [0.29, 0.717) is 0 Å². The van der Waals surface area contributed by atoms with Gasteiger partial charge in [-0.1, -0.05) is 0 Å². The van der Waals surface area contributed by atoms with Crippen LogP contribution in [0.25, 0.3) is 0 Å². The van der Waals surface area contributed by atoms with Crippen molar-refractivity contribution < 1.29 is 39.2 Å². The normalized spacial score (nSPS) is 2.40. The van der Waals surface area contributed by atoms with Gasteiger partial charge in [0.15, 0.2) is 0 Å². The molecule has 0 saturated carbocycles. The molecule has 0 bridgehead atoms. The molecule has 0 amide bonds. The first-order valence-electron chi connectivity index (χ1n) is 0.309. The Hall–Kier alpha value is 0.403. The molecule has 28 valence electrons. The van der Waals surface area contributed by atoms with Gasteiger partial charge in [0.25, 0.3) is 0 Å². The van der Waals surface area contributed by atoms with Crippen molar-refractivity contribution in [3.05, 3.63) is 0 Å². The van der Waals surface area contributed by atoms with E-state index in [1.807, 2.05) is 0 Å². The standard InChI is InChI=1S/2FO.Zn/c2*1-2;/q2*-1;+2. The molecule has 0 atom stereocenters. The van der Waals surface area contributed by atoms with E-state index in [-0.39, 0.29) is 19.5 Å². The molecule has 0 spiro atoms. The molecule has 0 aliphatic rings. The van der Waals surface area contributed by atoms with Crippen LogP contribution in [0, 0.1) is 0 Å². The van der Waals surface area contributed by atoms with Crippen molar-refractivity contribution in [2.24, 2.45) is 0 Å². The zero-order chi connectivity index (χ0) is 4.00. The molecule has 0 rings (SSSR count). The molecule has 0 aromatic rings. The average Bonchev–Trinajstić information content (AvgIpc) is 1.50. The zero-order valence-electron chi connectivity index (χ0n) is 2.28. The molecule has 5 heavy (non-hydrogen) atoms. The van der Waals surface area contributed by atoms with E-state index in [4.69, 9.17) is 19.7 Å². The minimum atomic E-state index is 0. The van der Waals surface area contributed by atoms with E-state index < -0.39 is 0 Å². The van der Waals surface area contributed by atoms with E-state index in [1.54, 1.807) is 0 Å². The van der Waals surface area contributed by atoms with Crippen LogP contribution in [0.1, 0.15) is 0 Å².